The molecule has 3 aromatic carbocycles. The minimum atomic E-state index is -0.166. The standard InChI is InChI=1S/C30H28N6O.2ClH/c1-35(2)26-11-12-28-27(20-26)29(13-16-31-28)33-22-9-7-21(8-10-22)30(37)34-25-6-4-5-24(19-25)32-23-14-17-36(3)18-15-23;;/h4-20H,1-3H3,(H2,31,33,34,37);2*1H. The average Bonchev–Trinajstić information content (AvgIpc) is 2.90. The van der Waals surface area contributed by atoms with Gasteiger partial charge in [0.1, 0.15) is 7.05 Å². The molecule has 0 aliphatic rings. The Morgan fingerprint density at radius 1 is 0.795 bits per heavy atom. The Morgan fingerprint density at radius 2 is 1.49 bits per heavy atom. The number of amides is 1. The van der Waals surface area contributed by atoms with Gasteiger partial charge >= 0.3 is 0 Å². The molecule has 5 aromatic rings. The number of aryl methyl sites for hydroxylation is 1. The van der Waals surface area contributed by atoms with Gasteiger partial charge in [0, 0.05) is 71.8 Å². The molecule has 0 aliphatic carbocycles. The van der Waals surface area contributed by atoms with Gasteiger partial charge in [0.15, 0.2) is 12.4 Å². The fourth-order valence-electron chi connectivity index (χ4n) is 4.01. The maximum atomic E-state index is 12.9. The van der Waals surface area contributed by atoms with E-state index in [-0.39, 0.29) is 30.7 Å². The second kappa shape index (κ2) is 13.0. The second-order valence-electron chi connectivity index (χ2n) is 9.07. The lowest BCUT2D eigenvalue weighted by molar-refractivity contribution is -0.671. The van der Waals surface area contributed by atoms with E-state index in [0.717, 1.165) is 45.0 Å². The number of nitrogens with one attached hydrogen (secondary N) is 3. The van der Waals surface area contributed by atoms with Gasteiger partial charge in [0.2, 0.25) is 0 Å². The van der Waals surface area contributed by atoms with Crippen molar-refractivity contribution in [1.82, 2.24) is 4.98 Å². The van der Waals surface area contributed by atoms with Crippen LogP contribution < -0.4 is 37.8 Å². The van der Waals surface area contributed by atoms with Gasteiger partial charge in [-0.15, -0.1) is 12.4 Å². The van der Waals surface area contributed by atoms with Gasteiger partial charge in [-0.05, 0) is 66.7 Å². The molecule has 1 amide bonds. The fraction of sp³-hybridized carbons (Fsp3) is 0.100. The Hall–Kier alpha value is -4.33. The fourth-order valence-corrected chi connectivity index (χ4v) is 4.01. The molecule has 7 nitrogen and oxygen atoms in total. The van der Waals surface area contributed by atoms with Crippen LogP contribution in [0.1, 0.15) is 10.4 Å². The summed E-state index contributed by atoms with van der Waals surface area (Å²) in [5, 5.41) is 10.8. The highest BCUT2D eigenvalue weighted by atomic mass is 35.5. The number of anilines is 6. The summed E-state index contributed by atoms with van der Waals surface area (Å²) >= 11 is 0. The number of pyridine rings is 2. The molecule has 0 radical (unpaired) electrons. The van der Waals surface area contributed by atoms with Crippen molar-refractivity contribution in [2.24, 2.45) is 7.05 Å². The average molecular weight is 562 g/mol. The third kappa shape index (κ3) is 7.16. The van der Waals surface area contributed by atoms with Crippen LogP contribution >= 0.6 is 12.4 Å². The van der Waals surface area contributed by atoms with Crippen LogP contribution in [0.4, 0.5) is 34.1 Å². The number of benzene rings is 3. The van der Waals surface area contributed by atoms with E-state index in [1.807, 2.05) is 111 Å². The summed E-state index contributed by atoms with van der Waals surface area (Å²) in [5.41, 5.74) is 7.05. The summed E-state index contributed by atoms with van der Waals surface area (Å²) in [4.78, 5) is 19.4. The lowest BCUT2D eigenvalue weighted by Crippen LogP contribution is -3.00. The number of hydrogen-bond acceptors (Lipinski definition) is 5. The summed E-state index contributed by atoms with van der Waals surface area (Å²) < 4.78 is 1.98. The van der Waals surface area contributed by atoms with Crippen molar-refractivity contribution in [3.05, 3.63) is 109 Å². The topological polar surface area (TPSA) is 73.2 Å². The summed E-state index contributed by atoms with van der Waals surface area (Å²) in [7, 11) is 6.01. The molecule has 3 N–H and O–H groups in total. The molecule has 9 heteroatoms. The molecule has 0 unspecified atom stereocenters. The lowest BCUT2D eigenvalue weighted by atomic mass is 10.1. The Labute approximate surface area is 240 Å². The van der Waals surface area contributed by atoms with Crippen LogP contribution in [0.15, 0.2) is 104 Å². The molecule has 0 spiro atoms. The molecule has 0 bridgehead atoms. The van der Waals surface area contributed by atoms with Crippen molar-refractivity contribution < 1.29 is 21.8 Å². The highest BCUT2D eigenvalue weighted by Gasteiger charge is 2.09. The number of nitrogens with zero attached hydrogens (tertiary/aromatic N) is 3. The van der Waals surface area contributed by atoms with Crippen LogP contribution in [-0.4, -0.2) is 25.0 Å². The van der Waals surface area contributed by atoms with Crippen molar-refractivity contribution in [2.75, 3.05) is 34.9 Å². The molecule has 0 atom stereocenters. The van der Waals surface area contributed by atoms with E-state index in [0.29, 0.717) is 5.56 Å². The van der Waals surface area contributed by atoms with Crippen LogP contribution in [0.25, 0.3) is 10.9 Å². The minimum Gasteiger partial charge on any atom is -1.00 e. The predicted molar refractivity (Wildman–Crippen MR) is 158 cm³/mol. The van der Waals surface area contributed by atoms with Gasteiger partial charge in [-0.1, -0.05) is 6.07 Å². The molecule has 0 aliphatic heterocycles. The Morgan fingerprint density at radius 3 is 2.21 bits per heavy atom. The van der Waals surface area contributed by atoms with E-state index in [9.17, 15) is 4.79 Å². The number of hydrogen-bond donors (Lipinski definition) is 3. The highest BCUT2D eigenvalue weighted by Crippen LogP contribution is 2.28. The predicted octanol–water partition coefficient (Wildman–Crippen LogP) is 3.29. The molecule has 0 saturated carbocycles. The van der Waals surface area contributed by atoms with E-state index in [1.165, 1.54) is 0 Å². The first-order chi connectivity index (χ1) is 17.9. The van der Waals surface area contributed by atoms with Crippen LogP contribution in [0.3, 0.4) is 0 Å². The monoisotopic (exact) mass is 560 g/mol. The van der Waals surface area contributed by atoms with Crippen molar-refractivity contribution in [2.45, 2.75) is 0 Å². The summed E-state index contributed by atoms with van der Waals surface area (Å²) in [5.74, 6) is -0.166. The third-order valence-corrected chi connectivity index (χ3v) is 6.06. The number of rotatable bonds is 7. The van der Waals surface area contributed by atoms with Crippen molar-refractivity contribution in [3.63, 3.8) is 0 Å². The summed E-state index contributed by atoms with van der Waals surface area (Å²) in [6.07, 6.45) is 5.75. The van der Waals surface area contributed by atoms with Gasteiger partial charge in [-0.25, -0.2) is 4.57 Å². The maximum Gasteiger partial charge on any atom is 0.255 e. The second-order valence-corrected chi connectivity index (χ2v) is 9.07. The first kappa shape index (κ1) is 29.2. The first-order valence-corrected chi connectivity index (χ1v) is 12.0. The quantitative estimate of drug-likeness (QED) is 0.266. The number of carbonyl (C=O) groups excluding carboxylic acids is 1. The third-order valence-electron chi connectivity index (χ3n) is 6.06. The smallest absolute Gasteiger partial charge is 0.255 e. The number of halogens is 2. The van der Waals surface area contributed by atoms with Gasteiger partial charge in [-0.2, -0.15) is 0 Å². The maximum absolute atomic E-state index is 12.9. The molecule has 0 fully saturated rings. The first-order valence-electron chi connectivity index (χ1n) is 12.0. The van der Waals surface area contributed by atoms with E-state index in [1.54, 1.807) is 6.20 Å². The van der Waals surface area contributed by atoms with Crippen LogP contribution in [0, 0.1) is 0 Å². The van der Waals surface area contributed by atoms with E-state index >= 15 is 0 Å². The SMILES string of the molecule is CN(C)c1ccc2nccc(Nc3ccc(C(=O)Nc4cccc(Nc5cc[n+](C)cc5)c4)cc3)c2c1.Cl.[Cl-]. The molecular weight excluding hydrogens is 531 g/mol. The molecule has 5 rings (SSSR count). The largest absolute Gasteiger partial charge is 1.00 e. The molecule has 200 valence electrons. The Kier molecular flexibility index (Phi) is 9.71. The van der Waals surface area contributed by atoms with E-state index in [4.69, 9.17) is 0 Å². The molecule has 0 saturated heterocycles. The Bertz CT molecular complexity index is 1560. The van der Waals surface area contributed by atoms with Crippen LogP contribution in [0.2, 0.25) is 0 Å². The number of fused-ring (bicyclic) bond motifs is 1. The van der Waals surface area contributed by atoms with Crippen molar-refractivity contribution in [3.8, 4) is 0 Å². The van der Waals surface area contributed by atoms with Crippen LogP contribution in [0.5, 0.6) is 0 Å². The van der Waals surface area contributed by atoms with E-state index < -0.39 is 0 Å². The van der Waals surface area contributed by atoms with E-state index in [2.05, 4.69) is 38.0 Å². The molecular formula is C30H30Cl2N6O. The van der Waals surface area contributed by atoms with Crippen LogP contribution in [-0.2, 0) is 7.05 Å². The molecule has 2 aromatic heterocycles. The number of carbonyl (C=O) groups is 1. The Balaban J connectivity index is 0.00000210. The molecule has 2 heterocycles. The van der Waals surface area contributed by atoms with Gasteiger partial charge in [0.05, 0.1) is 11.2 Å². The zero-order chi connectivity index (χ0) is 25.8. The summed E-state index contributed by atoms with van der Waals surface area (Å²) in [6.45, 7) is 0. The minimum absolute atomic E-state index is 0. The van der Waals surface area contributed by atoms with Crippen molar-refractivity contribution >= 4 is 63.3 Å². The molecule has 39 heavy (non-hydrogen) atoms. The van der Waals surface area contributed by atoms with Gasteiger partial charge < -0.3 is 33.3 Å². The van der Waals surface area contributed by atoms with Crippen molar-refractivity contribution in [1.29, 1.82) is 0 Å². The highest BCUT2D eigenvalue weighted by molar-refractivity contribution is 6.05. The van der Waals surface area contributed by atoms with Gasteiger partial charge in [-0.3, -0.25) is 9.78 Å². The normalized spacial score (nSPS) is 10.1. The lowest BCUT2D eigenvalue weighted by Gasteiger charge is -2.15. The number of aromatic nitrogens is 2. The zero-order valence-corrected chi connectivity index (χ0v) is 23.4. The summed E-state index contributed by atoms with van der Waals surface area (Å²) in [6, 6.07) is 27.3. The van der Waals surface area contributed by atoms with Gasteiger partial charge in [0.25, 0.3) is 5.91 Å². The zero-order valence-electron chi connectivity index (χ0n) is 21.9.